The molecular formula is C18H23NO2. The van der Waals surface area contributed by atoms with Crippen molar-refractivity contribution < 1.29 is 9.84 Å². The Labute approximate surface area is 126 Å². The average molecular weight is 285 g/mol. The minimum Gasteiger partial charge on any atom is -0.493 e. The Morgan fingerprint density at radius 3 is 2.76 bits per heavy atom. The van der Waals surface area contributed by atoms with Crippen LogP contribution in [0.1, 0.15) is 44.1 Å². The van der Waals surface area contributed by atoms with Crippen molar-refractivity contribution in [1.82, 2.24) is 4.98 Å². The van der Waals surface area contributed by atoms with Crippen molar-refractivity contribution in [3.63, 3.8) is 0 Å². The normalized spacial score (nSPS) is 12.2. The van der Waals surface area contributed by atoms with Crippen LogP contribution in [0.5, 0.6) is 5.75 Å². The molecule has 3 heteroatoms. The molecule has 0 saturated carbocycles. The lowest BCUT2D eigenvalue weighted by Gasteiger charge is -2.13. The van der Waals surface area contributed by atoms with Crippen LogP contribution in [0.4, 0.5) is 0 Å². The van der Waals surface area contributed by atoms with E-state index in [9.17, 15) is 5.11 Å². The van der Waals surface area contributed by atoms with E-state index in [1.807, 2.05) is 30.3 Å². The van der Waals surface area contributed by atoms with Gasteiger partial charge in [0.15, 0.2) is 0 Å². The van der Waals surface area contributed by atoms with Crippen LogP contribution in [0.3, 0.4) is 0 Å². The van der Waals surface area contributed by atoms with Crippen molar-refractivity contribution in [2.45, 2.75) is 39.7 Å². The molecule has 1 N–H and O–H groups in total. The molecule has 0 fully saturated rings. The summed E-state index contributed by atoms with van der Waals surface area (Å²) in [5.74, 6) is 0.851. The molecule has 0 spiro atoms. The lowest BCUT2D eigenvalue weighted by atomic mass is 10.1. The number of hydrogen-bond acceptors (Lipinski definition) is 3. The molecule has 1 aromatic carbocycles. The zero-order valence-corrected chi connectivity index (χ0v) is 13.0. The molecule has 0 unspecified atom stereocenters. The quantitative estimate of drug-likeness (QED) is 0.805. The topological polar surface area (TPSA) is 42.4 Å². The first kappa shape index (κ1) is 15.5. The molecule has 0 saturated heterocycles. The van der Waals surface area contributed by atoms with E-state index in [0.29, 0.717) is 12.3 Å². The van der Waals surface area contributed by atoms with Crippen LogP contribution in [-0.4, -0.2) is 16.7 Å². The van der Waals surface area contributed by atoms with Crippen molar-refractivity contribution >= 4 is 0 Å². The number of aromatic nitrogens is 1. The summed E-state index contributed by atoms with van der Waals surface area (Å²) in [4.78, 5) is 4.54. The first-order chi connectivity index (χ1) is 10.1. The Hall–Kier alpha value is -1.87. The van der Waals surface area contributed by atoms with Gasteiger partial charge in [0, 0.05) is 5.56 Å². The molecule has 0 bridgehead atoms. The van der Waals surface area contributed by atoms with Gasteiger partial charge in [-0.15, -0.1) is 0 Å². The third-order valence-electron chi connectivity index (χ3n) is 3.37. The van der Waals surface area contributed by atoms with Crippen LogP contribution in [0.2, 0.25) is 0 Å². The second-order valence-corrected chi connectivity index (χ2v) is 5.33. The maximum atomic E-state index is 9.70. The highest BCUT2D eigenvalue weighted by molar-refractivity contribution is 5.68. The van der Waals surface area contributed by atoms with Gasteiger partial charge >= 0.3 is 0 Å². The third-order valence-corrected chi connectivity index (χ3v) is 3.37. The summed E-state index contributed by atoms with van der Waals surface area (Å²) in [6, 6.07) is 11.8. The van der Waals surface area contributed by atoms with Gasteiger partial charge < -0.3 is 9.84 Å². The van der Waals surface area contributed by atoms with Gasteiger partial charge in [0.05, 0.1) is 24.1 Å². The molecule has 0 aliphatic rings. The van der Waals surface area contributed by atoms with E-state index in [1.54, 1.807) is 6.92 Å². The zero-order chi connectivity index (χ0) is 15.2. The highest BCUT2D eigenvalue weighted by atomic mass is 16.5. The molecular weight excluding hydrogens is 262 g/mol. The second kappa shape index (κ2) is 7.23. The highest BCUT2D eigenvalue weighted by Gasteiger charge is 2.10. The first-order valence-electron chi connectivity index (χ1n) is 7.50. The van der Waals surface area contributed by atoms with Gasteiger partial charge in [0.2, 0.25) is 0 Å². The van der Waals surface area contributed by atoms with Crippen LogP contribution < -0.4 is 4.74 Å². The highest BCUT2D eigenvalue weighted by Crippen LogP contribution is 2.30. The van der Waals surface area contributed by atoms with Gasteiger partial charge in [-0.1, -0.05) is 31.0 Å². The third kappa shape index (κ3) is 4.05. The number of aryl methyl sites for hydroxylation is 1. The maximum Gasteiger partial charge on any atom is 0.128 e. The van der Waals surface area contributed by atoms with Crippen LogP contribution >= 0.6 is 0 Å². The van der Waals surface area contributed by atoms with Crippen molar-refractivity contribution in [2.24, 2.45) is 0 Å². The summed E-state index contributed by atoms with van der Waals surface area (Å²) >= 11 is 0. The SMILES string of the molecule is CCCCOc1ccc(C)cc1-c1cccc([C@H](C)O)n1. The van der Waals surface area contributed by atoms with E-state index < -0.39 is 6.10 Å². The second-order valence-electron chi connectivity index (χ2n) is 5.33. The number of unbranched alkanes of at least 4 members (excludes halogenated alkanes) is 1. The van der Waals surface area contributed by atoms with E-state index >= 15 is 0 Å². The van der Waals surface area contributed by atoms with E-state index in [1.165, 1.54) is 0 Å². The Kier molecular flexibility index (Phi) is 5.34. The van der Waals surface area contributed by atoms with Crippen molar-refractivity contribution in [1.29, 1.82) is 0 Å². The van der Waals surface area contributed by atoms with Gasteiger partial charge in [-0.2, -0.15) is 0 Å². The number of rotatable bonds is 6. The van der Waals surface area contributed by atoms with E-state index in [2.05, 4.69) is 24.9 Å². The summed E-state index contributed by atoms with van der Waals surface area (Å²) in [5, 5.41) is 9.70. The molecule has 1 atom stereocenters. The molecule has 112 valence electrons. The summed E-state index contributed by atoms with van der Waals surface area (Å²) in [5.41, 5.74) is 3.66. The van der Waals surface area contributed by atoms with Crippen LogP contribution in [0.25, 0.3) is 11.3 Å². The van der Waals surface area contributed by atoms with Crippen molar-refractivity contribution in [3.05, 3.63) is 47.7 Å². The Morgan fingerprint density at radius 2 is 2.05 bits per heavy atom. The Bertz CT molecular complexity index is 594. The number of hydrogen-bond donors (Lipinski definition) is 1. The first-order valence-corrected chi connectivity index (χ1v) is 7.50. The molecule has 0 aliphatic carbocycles. The molecule has 2 aromatic rings. The number of pyridine rings is 1. The number of aliphatic hydroxyl groups is 1. The molecule has 2 rings (SSSR count). The molecule has 21 heavy (non-hydrogen) atoms. The van der Waals surface area contributed by atoms with Crippen molar-refractivity contribution in [2.75, 3.05) is 6.61 Å². The number of ether oxygens (including phenoxy) is 1. The summed E-state index contributed by atoms with van der Waals surface area (Å²) in [7, 11) is 0. The Morgan fingerprint density at radius 1 is 1.24 bits per heavy atom. The van der Waals surface area contributed by atoms with Gasteiger partial charge in [-0.3, -0.25) is 0 Å². The minimum absolute atomic E-state index is 0.570. The number of nitrogens with zero attached hydrogens (tertiary/aromatic N) is 1. The maximum absolute atomic E-state index is 9.70. The summed E-state index contributed by atoms with van der Waals surface area (Å²) in [6.07, 6.45) is 1.57. The lowest BCUT2D eigenvalue weighted by molar-refractivity contribution is 0.194. The summed E-state index contributed by atoms with van der Waals surface area (Å²) < 4.78 is 5.88. The number of benzene rings is 1. The number of aliphatic hydroxyl groups excluding tert-OH is 1. The smallest absolute Gasteiger partial charge is 0.128 e. The van der Waals surface area contributed by atoms with Crippen molar-refractivity contribution in [3.8, 4) is 17.0 Å². The van der Waals surface area contributed by atoms with Crippen LogP contribution in [0, 0.1) is 6.92 Å². The predicted octanol–water partition coefficient (Wildman–Crippen LogP) is 4.29. The minimum atomic E-state index is -0.570. The van der Waals surface area contributed by atoms with E-state index in [0.717, 1.165) is 35.4 Å². The average Bonchev–Trinajstić information content (AvgIpc) is 2.49. The molecule has 0 aliphatic heterocycles. The van der Waals surface area contributed by atoms with E-state index in [4.69, 9.17) is 4.74 Å². The van der Waals surface area contributed by atoms with Gasteiger partial charge in [-0.25, -0.2) is 4.98 Å². The Balaban J connectivity index is 2.37. The fourth-order valence-electron chi connectivity index (χ4n) is 2.13. The van der Waals surface area contributed by atoms with Crippen LogP contribution in [-0.2, 0) is 0 Å². The van der Waals surface area contributed by atoms with Gasteiger partial charge in [0.1, 0.15) is 5.75 Å². The predicted molar refractivity (Wildman–Crippen MR) is 85.4 cm³/mol. The van der Waals surface area contributed by atoms with Gasteiger partial charge in [-0.05, 0) is 44.5 Å². The standard InChI is InChI=1S/C18H23NO2/c1-4-5-11-21-18-10-9-13(2)12-15(18)17-8-6-7-16(19-17)14(3)20/h6-10,12,14,20H,4-5,11H2,1-3H3/t14-/m0/s1. The van der Waals surface area contributed by atoms with Crippen LogP contribution in [0.15, 0.2) is 36.4 Å². The van der Waals surface area contributed by atoms with Gasteiger partial charge in [0.25, 0.3) is 0 Å². The van der Waals surface area contributed by atoms with E-state index in [-0.39, 0.29) is 0 Å². The fraction of sp³-hybridized carbons (Fsp3) is 0.389. The molecule has 0 radical (unpaired) electrons. The molecule has 3 nitrogen and oxygen atoms in total. The zero-order valence-electron chi connectivity index (χ0n) is 13.0. The molecule has 1 aromatic heterocycles. The summed E-state index contributed by atoms with van der Waals surface area (Å²) in [6.45, 7) is 6.63. The molecule has 1 heterocycles. The lowest BCUT2D eigenvalue weighted by Crippen LogP contribution is -2.01. The largest absolute Gasteiger partial charge is 0.493 e. The fourth-order valence-corrected chi connectivity index (χ4v) is 2.13. The monoisotopic (exact) mass is 285 g/mol. The molecule has 0 amide bonds.